The molecule has 1 heterocycles. The number of aliphatic hydroxyl groups excluding tert-OH is 1. The molecule has 0 aromatic heterocycles. The Bertz CT molecular complexity index is 191. The van der Waals surface area contributed by atoms with E-state index >= 15 is 0 Å². The first kappa shape index (κ1) is 14.9. The Morgan fingerprint density at radius 1 is 1.35 bits per heavy atom. The number of ether oxygens (including phenoxy) is 2. The van der Waals surface area contributed by atoms with Crippen LogP contribution in [0.3, 0.4) is 0 Å². The molecule has 4 heteroatoms. The number of hydrogen-bond donors (Lipinski definition) is 2. The third-order valence-corrected chi connectivity index (χ3v) is 3.19. The van der Waals surface area contributed by atoms with Crippen LogP contribution in [0.2, 0.25) is 0 Å². The summed E-state index contributed by atoms with van der Waals surface area (Å²) in [6.07, 6.45) is 3.74. The molecule has 3 atom stereocenters. The molecule has 0 aromatic carbocycles. The summed E-state index contributed by atoms with van der Waals surface area (Å²) < 4.78 is 11.5. The van der Waals surface area contributed by atoms with E-state index in [1.807, 2.05) is 6.92 Å². The zero-order chi connectivity index (χ0) is 12.7. The second-order valence-corrected chi connectivity index (χ2v) is 4.95. The van der Waals surface area contributed by atoms with Crippen LogP contribution < -0.4 is 5.32 Å². The molecule has 102 valence electrons. The van der Waals surface area contributed by atoms with E-state index in [1.165, 1.54) is 0 Å². The van der Waals surface area contributed by atoms with Gasteiger partial charge in [-0.3, -0.25) is 0 Å². The van der Waals surface area contributed by atoms with Crippen molar-refractivity contribution < 1.29 is 14.6 Å². The summed E-state index contributed by atoms with van der Waals surface area (Å²) in [5.74, 6) is 0. The normalized spacial score (nSPS) is 31.4. The summed E-state index contributed by atoms with van der Waals surface area (Å²) in [6, 6.07) is 0.162. The van der Waals surface area contributed by atoms with Crippen LogP contribution in [-0.4, -0.2) is 49.2 Å². The van der Waals surface area contributed by atoms with E-state index < -0.39 is 0 Å². The van der Waals surface area contributed by atoms with Crippen molar-refractivity contribution >= 4 is 0 Å². The summed E-state index contributed by atoms with van der Waals surface area (Å²) in [5, 5.41) is 12.4. The van der Waals surface area contributed by atoms with Crippen LogP contribution in [-0.2, 0) is 9.47 Å². The van der Waals surface area contributed by atoms with Gasteiger partial charge < -0.3 is 19.9 Å². The molecule has 3 unspecified atom stereocenters. The minimum atomic E-state index is 0.162. The zero-order valence-corrected chi connectivity index (χ0v) is 11.3. The van der Waals surface area contributed by atoms with Gasteiger partial charge in [-0.2, -0.15) is 0 Å². The lowest BCUT2D eigenvalue weighted by Gasteiger charge is -2.32. The predicted molar refractivity (Wildman–Crippen MR) is 68.2 cm³/mol. The Balaban J connectivity index is 2.16. The molecule has 1 aliphatic rings. The van der Waals surface area contributed by atoms with E-state index in [-0.39, 0.29) is 12.6 Å². The third-order valence-electron chi connectivity index (χ3n) is 3.19. The molecule has 0 bridgehead atoms. The highest BCUT2D eigenvalue weighted by Gasteiger charge is 2.24. The van der Waals surface area contributed by atoms with Crippen molar-refractivity contribution in [1.82, 2.24) is 5.32 Å². The van der Waals surface area contributed by atoms with Gasteiger partial charge in [-0.25, -0.2) is 0 Å². The maximum atomic E-state index is 9.14. The maximum absolute atomic E-state index is 9.14. The predicted octanol–water partition coefficient (Wildman–Crippen LogP) is 1.32. The van der Waals surface area contributed by atoms with Gasteiger partial charge in [-0.1, -0.05) is 6.92 Å². The van der Waals surface area contributed by atoms with Gasteiger partial charge >= 0.3 is 0 Å². The van der Waals surface area contributed by atoms with Crippen LogP contribution in [0.15, 0.2) is 0 Å². The average molecular weight is 245 g/mol. The van der Waals surface area contributed by atoms with Crippen LogP contribution in [0.5, 0.6) is 0 Å². The van der Waals surface area contributed by atoms with Crippen molar-refractivity contribution in [2.45, 2.75) is 64.4 Å². The summed E-state index contributed by atoms with van der Waals surface area (Å²) in [7, 11) is 0. The number of nitrogens with one attached hydrogen (secondary N) is 1. The van der Waals surface area contributed by atoms with Gasteiger partial charge in [0.2, 0.25) is 0 Å². The van der Waals surface area contributed by atoms with E-state index in [9.17, 15) is 0 Å². The molecule has 2 N–H and O–H groups in total. The Labute approximate surface area is 105 Å². The Hall–Kier alpha value is -0.160. The first-order chi connectivity index (χ1) is 8.15. The standard InChI is InChI=1S/C13H27NO3/c1-4-14-12(9-15)5-6-16-13-7-10(2)17-11(3)8-13/h10-15H,4-9H2,1-3H3. The Kier molecular flexibility index (Phi) is 7.04. The Morgan fingerprint density at radius 2 is 2.00 bits per heavy atom. The van der Waals surface area contributed by atoms with Crippen molar-refractivity contribution in [3.05, 3.63) is 0 Å². The average Bonchev–Trinajstić information content (AvgIpc) is 2.26. The molecule has 0 amide bonds. The van der Waals surface area contributed by atoms with E-state index in [1.54, 1.807) is 0 Å². The lowest BCUT2D eigenvalue weighted by Crippen LogP contribution is -2.36. The van der Waals surface area contributed by atoms with Gasteiger partial charge in [-0.15, -0.1) is 0 Å². The SMILES string of the molecule is CCNC(CO)CCOC1CC(C)OC(C)C1. The zero-order valence-electron chi connectivity index (χ0n) is 11.3. The van der Waals surface area contributed by atoms with E-state index in [0.717, 1.165) is 25.8 Å². The molecule has 4 nitrogen and oxygen atoms in total. The molecule has 17 heavy (non-hydrogen) atoms. The summed E-state index contributed by atoms with van der Waals surface area (Å²) in [4.78, 5) is 0. The van der Waals surface area contributed by atoms with Crippen LogP contribution in [0.4, 0.5) is 0 Å². The quantitative estimate of drug-likeness (QED) is 0.710. The smallest absolute Gasteiger partial charge is 0.0624 e. The molecule has 1 rings (SSSR count). The van der Waals surface area contributed by atoms with Crippen LogP contribution in [0.1, 0.15) is 40.0 Å². The minimum Gasteiger partial charge on any atom is -0.395 e. The minimum absolute atomic E-state index is 0.162. The van der Waals surface area contributed by atoms with Crippen molar-refractivity contribution in [2.24, 2.45) is 0 Å². The lowest BCUT2D eigenvalue weighted by atomic mass is 10.0. The fourth-order valence-electron chi connectivity index (χ4n) is 2.40. The number of rotatable bonds is 7. The van der Waals surface area contributed by atoms with Crippen LogP contribution >= 0.6 is 0 Å². The fraction of sp³-hybridized carbons (Fsp3) is 1.00. The summed E-state index contributed by atoms with van der Waals surface area (Å²) in [6.45, 7) is 8.02. The largest absolute Gasteiger partial charge is 0.395 e. The molecule has 0 saturated carbocycles. The Morgan fingerprint density at radius 3 is 2.53 bits per heavy atom. The number of likely N-dealkylation sites (N-methyl/N-ethyl adjacent to an activating group) is 1. The second kappa shape index (κ2) is 8.03. The van der Waals surface area contributed by atoms with Gasteiger partial charge in [-0.05, 0) is 39.7 Å². The van der Waals surface area contributed by atoms with Gasteiger partial charge in [0, 0.05) is 12.6 Å². The monoisotopic (exact) mass is 245 g/mol. The highest BCUT2D eigenvalue weighted by Crippen LogP contribution is 2.21. The summed E-state index contributed by atoms with van der Waals surface area (Å²) in [5.41, 5.74) is 0. The highest BCUT2D eigenvalue weighted by atomic mass is 16.5. The van der Waals surface area contributed by atoms with Crippen molar-refractivity contribution in [1.29, 1.82) is 0 Å². The van der Waals surface area contributed by atoms with Gasteiger partial charge in [0.05, 0.1) is 24.9 Å². The first-order valence-electron chi connectivity index (χ1n) is 6.77. The molecular formula is C13H27NO3. The third kappa shape index (κ3) is 5.82. The molecule has 0 radical (unpaired) electrons. The maximum Gasteiger partial charge on any atom is 0.0624 e. The van der Waals surface area contributed by atoms with E-state index in [4.69, 9.17) is 14.6 Å². The van der Waals surface area contributed by atoms with Crippen molar-refractivity contribution in [3.8, 4) is 0 Å². The van der Waals surface area contributed by atoms with Crippen molar-refractivity contribution in [2.75, 3.05) is 19.8 Å². The van der Waals surface area contributed by atoms with E-state index in [2.05, 4.69) is 19.2 Å². The number of hydrogen-bond acceptors (Lipinski definition) is 4. The second-order valence-electron chi connectivity index (χ2n) is 4.95. The van der Waals surface area contributed by atoms with E-state index in [0.29, 0.717) is 24.9 Å². The topological polar surface area (TPSA) is 50.7 Å². The van der Waals surface area contributed by atoms with Crippen molar-refractivity contribution in [3.63, 3.8) is 0 Å². The molecule has 1 fully saturated rings. The number of aliphatic hydroxyl groups is 1. The van der Waals surface area contributed by atoms with Gasteiger partial charge in [0.15, 0.2) is 0 Å². The fourth-order valence-corrected chi connectivity index (χ4v) is 2.40. The van der Waals surface area contributed by atoms with Gasteiger partial charge in [0.25, 0.3) is 0 Å². The van der Waals surface area contributed by atoms with Gasteiger partial charge in [0.1, 0.15) is 0 Å². The molecular weight excluding hydrogens is 218 g/mol. The molecule has 0 aromatic rings. The molecule has 1 saturated heterocycles. The molecule has 1 aliphatic heterocycles. The lowest BCUT2D eigenvalue weighted by molar-refractivity contribution is -0.103. The highest BCUT2D eigenvalue weighted by molar-refractivity contribution is 4.74. The van der Waals surface area contributed by atoms with Crippen LogP contribution in [0.25, 0.3) is 0 Å². The molecule has 0 spiro atoms. The van der Waals surface area contributed by atoms with Crippen LogP contribution in [0, 0.1) is 0 Å². The summed E-state index contributed by atoms with van der Waals surface area (Å²) >= 11 is 0. The molecule has 0 aliphatic carbocycles. The first-order valence-corrected chi connectivity index (χ1v) is 6.77.